The molecule has 0 saturated heterocycles. The first-order chi connectivity index (χ1) is 8.34. The summed E-state index contributed by atoms with van der Waals surface area (Å²) in [6.07, 6.45) is 0. The van der Waals surface area contributed by atoms with Crippen molar-refractivity contribution in [3.8, 4) is 5.75 Å². The molecule has 1 aliphatic rings. The van der Waals surface area contributed by atoms with Gasteiger partial charge in [-0.25, -0.2) is 0 Å². The number of carbonyl (C=O) groups excluding carboxylic acids is 1. The number of benzene rings is 2. The summed E-state index contributed by atoms with van der Waals surface area (Å²) in [4.78, 5) is 12.0. The zero-order valence-corrected chi connectivity index (χ0v) is 9.81. The van der Waals surface area contributed by atoms with Crippen molar-refractivity contribution >= 4 is 16.9 Å². The quantitative estimate of drug-likeness (QED) is 0.763. The lowest BCUT2D eigenvalue weighted by Crippen LogP contribution is -2.14. The first-order valence-corrected chi connectivity index (χ1v) is 6.24. The Kier molecular flexibility index (Phi) is 2.61. The SMILES string of the molecule is O=C1SC(c2ccccc2)Oc2ccccc21. The van der Waals surface area contributed by atoms with Crippen molar-refractivity contribution in [2.75, 3.05) is 0 Å². The minimum atomic E-state index is -0.237. The highest BCUT2D eigenvalue weighted by atomic mass is 32.2. The Bertz CT molecular complexity index is 551. The number of fused-ring (bicyclic) bond motifs is 1. The van der Waals surface area contributed by atoms with Crippen molar-refractivity contribution in [2.24, 2.45) is 0 Å². The van der Waals surface area contributed by atoms with Gasteiger partial charge in [-0.2, -0.15) is 0 Å². The third-order valence-electron chi connectivity index (χ3n) is 2.63. The van der Waals surface area contributed by atoms with Gasteiger partial charge >= 0.3 is 0 Å². The fraction of sp³-hybridized carbons (Fsp3) is 0.0714. The summed E-state index contributed by atoms with van der Waals surface area (Å²) >= 11 is 1.22. The molecule has 1 aliphatic heterocycles. The van der Waals surface area contributed by atoms with Crippen LogP contribution in [0, 0.1) is 0 Å². The topological polar surface area (TPSA) is 26.3 Å². The van der Waals surface area contributed by atoms with Gasteiger partial charge in [-0.05, 0) is 23.9 Å². The Morgan fingerprint density at radius 3 is 2.47 bits per heavy atom. The third-order valence-corrected chi connectivity index (χ3v) is 3.64. The Labute approximate surface area is 104 Å². The fourth-order valence-electron chi connectivity index (χ4n) is 1.78. The maximum Gasteiger partial charge on any atom is 0.226 e. The molecule has 0 aromatic heterocycles. The largest absolute Gasteiger partial charge is 0.474 e. The van der Waals surface area contributed by atoms with Gasteiger partial charge in [0.2, 0.25) is 5.12 Å². The second-order valence-electron chi connectivity index (χ2n) is 3.76. The van der Waals surface area contributed by atoms with Crippen LogP contribution in [-0.4, -0.2) is 5.12 Å². The molecule has 0 fully saturated rings. The summed E-state index contributed by atoms with van der Waals surface area (Å²) in [5.74, 6) is 0.671. The number of hydrogen-bond donors (Lipinski definition) is 0. The minimum absolute atomic E-state index is 0.0701. The monoisotopic (exact) mass is 242 g/mol. The van der Waals surface area contributed by atoms with Crippen LogP contribution in [0.5, 0.6) is 5.75 Å². The molecule has 1 atom stereocenters. The molecule has 1 unspecified atom stereocenters. The van der Waals surface area contributed by atoms with E-state index in [2.05, 4.69) is 0 Å². The van der Waals surface area contributed by atoms with Crippen LogP contribution in [0.25, 0.3) is 0 Å². The molecule has 17 heavy (non-hydrogen) atoms. The van der Waals surface area contributed by atoms with Crippen LogP contribution in [0.2, 0.25) is 0 Å². The molecule has 2 nitrogen and oxygen atoms in total. The smallest absolute Gasteiger partial charge is 0.226 e. The van der Waals surface area contributed by atoms with Crippen LogP contribution < -0.4 is 4.74 Å². The molecule has 0 amide bonds. The maximum atomic E-state index is 12.0. The first kappa shape index (κ1) is 10.4. The molecule has 2 aromatic rings. The van der Waals surface area contributed by atoms with E-state index >= 15 is 0 Å². The molecule has 0 saturated carbocycles. The minimum Gasteiger partial charge on any atom is -0.474 e. The predicted octanol–water partition coefficient (Wildman–Crippen LogP) is 3.65. The molecule has 0 aliphatic carbocycles. The van der Waals surface area contributed by atoms with E-state index < -0.39 is 0 Å². The fourth-order valence-corrected chi connectivity index (χ4v) is 2.72. The van der Waals surface area contributed by atoms with Crippen molar-refractivity contribution in [2.45, 2.75) is 5.44 Å². The summed E-state index contributed by atoms with van der Waals surface area (Å²) in [6, 6.07) is 17.2. The number of ether oxygens (including phenoxy) is 1. The van der Waals surface area contributed by atoms with E-state index in [-0.39, 0.29) is 10.6 Å². The lowest BCUT2D eigenvalue weighted by molar-refractivity contribution is 0.107. The second kappa shape index (κ2) is 4.26. The van der Waals surface area contributed by atoms with E-state index in [1.807, 2.05) is 48.5 Å². The number of thioether (sulfide) groups is 1. The van der Waals surface area contributed by atoms with Crippen LogP contribution >= 0.6 is 11.8 Å². The zero-order valence-electron chi connectivity index (χ0n) is 9.00. The van der Waals surface area contributed by atoms with Crippen LogP contribution in [-0.2, 0) is 0 Å². The van der Waals surface area contributed by atoms with Gasteiger partial charge in [0.1, 0.15) is 5.75 Å². The first-order valence-electron chi connectivity index (χ1n) is 5.36. The van der Waals surface area contributed by atoms with Gasteiger partial charge in [0, 0.05) is 5.56 Å². The zero-order chi connectivity index (χ0) is 11.7. The van der Waals surface area contributed by atoms with E-state index in [1.165, 1.54) is 11.8 Å². The lowest BCUT2D eigenvalue weighted by Gasteiger charge is -2.24. The third kappa shape index (κ3) is 1.94. The van der Waals surface area contributed by atoms with E-state index in [4.69, 9.17) is 4.74 Å². The van der Waals surface area contributed by atoms with Crippen molar-refractivity contribution in [1.82, 2.24) is 0 Å². The average molecular weight is 242 g/mol. The van der Waals surface area contributed by atoms with E-state index in [0.717, 1.165) is 5.56 Å². The molecule has 0 radical (unpaired) electrons. The molecule has 3 heteroatoms. The molecule has 2 aromatic carbocycles. The number of carbonyl (C=O) groups is 1. The van der Waals surface area contributed by atoms with Gasteiger partial charge in [0.05, 0.1) is 5.56 Å². The Hall–Kier alpha value is -1.74. The molecule has 84 valence electrons. The predicted molar refractivity (Wildman–Crippen MR) is 68.2 cm³/mol. The van der Waals surface area contributed by atoms with Gasteiger partial charge in [-0.3, -0.25) is 4.79 Å². The van der Waals surface area contributed by atoms with Gasteiger partial charge in [-0.1, -0.05) is 42.5 Å². The van der Waals surface area contributed by atoms with Crippen LogP contribution in [0.3, 0.4) is 0 Å². The van der Waals surface area contributed by atoms with E-state index in [0.29, 0.717) is 11.3 Å². The van der Waals surface area contributed by atoms with E-state index in [1.54, 1.807) is 6.07 Å². The highest BCUT2D eigenvalue weighted by Gasteiger charge is 2.27. The Morgan fingerprint density at radius 1 is 0.941 bits per heavy atom. The van der Waals surface area contributed by atoms with Gasteiger partial charge < -0.3 is 4.74 Å². The summed E-state index contributed by atoms with van der Waals surface area (Å²) in [5.41, 5.74) is 1.43. The highest BCUT2D eigenvalue weighted by molar-refractivity contribution is 8.14. The molecule has 0 N–H and O–H groups in total. The van der Waals surface area contributed by atoms with E-state index in [9.17, 15) is 4.79 Å². The Morgan fingerprint density at radius 2 is 1.65 bits per heavy atom. The molecular formula is C14H10O2S. The Balaban J connectivity index is 1.97. The molecule has 0 spiro atoms. The number of para-hydroxylation sites is 1. The average Bonchev–Trinajstić information content (AvgIpc) is 2.40. The standard InChI is InChI=1S/C14H10O2S/c15-13-11-8-4-5-9-12(11)16-14(17-13)10-6-2-1-3-7-10/h1-9,14H. The van der Waals surface area contributed by atoms with Crippen molar-refractivity contribution < 1.29 is 9.53 Å². The molecular weight excluding hydrogens is 232 g/mol. The van der Waals surface area contributed by atoms with Crippen molar-refractivity contribution in [3.05, 3.63) is 65.7 Å². The van der Waals surface area contributed by atoms with Crippen LogP contribution in [0.4, 0.5) is 0 Å². The highest BCUT2D eigenvalue weighted by Crippen LogP contribution is 2.41. The van der Waals surface area contributed by atoms with Crippen molar-refractivity contribution in [3.63, 3.8) is 0 Å². The molecule has 0 bridgehead atoms. The molecule has 1 heterocycles. The normalized spacial score (nSPS) is 18.4. The van der Waals surface area contributed by atoms with Crippen LogP contribution in [0.1, 0.15) is 21.4 Å². The maximum absolute atomic E-state index is 12.0. The summed E-state index contributed by atoms with van der Waals surface area (Å²) in [7, 11) is 0. The van der Waals surface area contributed by atoms with Crippen molar-refractivity contribution in [1.29, 1.82) is 0 Å². The number of rotatable bonds is 1. The summed E-state index contributed by atoms with van der Waals surface area (Å²) in [5, 5.41) is 0.0701. The molecule has 3 rings (SSSR count). The van der Waals surface area contributed by atoms with Gasteiger partial charge in [0.25, 0.3) is 0 Å². The summed E-state index contributed by atoms with van der Waals surface area (Å²) < 4.78 is 5.83. The second-order valence-corrected chi connectivity index (χ2v) is 4.80. The number of hydrogen-bond acceptors (Lipinski definition) is 3. The van der Waals surface area contributed by atoms with Gasteiger partial charge in [-0.15, -0.1) is 0 Å². The van der Waals surface area contributed by atoms with Crippen LogP contribution in [0.15, 0.2) is 54.6 Å². The lowest BCUT2D eigenvalue weighted by atomic mass is 10.2. The summed E-state index contributed by atoms with van der Waals surface area (Å²) in [6.45, 7) is 0. The van der Waals surface area contributed by atoms with Gasteiger partial charge in [0.15, 0.2) is 5.44 Å².